The third-order valence-corrected chi connectivity index (χ3v) is 3.50. The first-order valence-corrected chi connectivity index (χ1v) is 6.92. The highest BCUT2D eigenvalue weighted by Crippen LogP contribution is 2.11. The standard InChI is InChI=1S/C14H19N3O3/c18-14(12-4-6-13(7-5-12)17(19)20)15-8-11-16-9-2-1-3-10-16/h4-7H,1-3,8-11H2,(H,15,18). The summed E-state index contributed by atoms with van der Waals surface area (Å²) in [4.78, 5) is 24.3. The van der Waals surface area contributed by atoms with Crippen LogP contribution in [0.25, 0.3) is 0 Å². The molecule has 0 spiro atoms. The van der Waals surface area contributed by atoms with Gasteiger partial charge in [0.2, 0.25) is 0 Å². The second-order valence-corrected chi connectivity index (χ2v) is 4.96. The number of piperidine rings is 1. The number of nitrogens with zero attached hydrogens (tertiary/aromatic N) is 2. The lowest BCUT2D eigenvalue weighted by atomic mass is 10.1. The average Bonchev–Trinajstić information content (AvgIpc) is 2.48. The highest BCUT2D eigenvalue weighted by Gasteiger charge is 2.11. The molecule has 1 heterocycles. The van der Waals surface area contributed by atoms with Gasteiger partial charge in [0.05, 0.1) is 4.92 Å². The Balaban J connectivity index is 1.77. The van der Waals surface area contributed by atoms with Crippen molar-refractivity contribution >= 4 is 11.6 Å². The monoisotopic (exact) mass is 277 g/mol. The molecule has 0 aliphatic carbocycles. The maximum absolute atomic E-state index is 11.9. The average molecular weight is 277 g/mol. The summed E-state index contributed by atoms with van der Waals surface area (Å²) in [5.41, 5.74) is 0.448. The van der Waals surface area contributed by atoms with Crippen molar-refractivity contribution in [3.05, 3.63) is 39.9 Å². The Hall–Kier alpha value is -1.95. The number of amides is 1. The van der Waals surface area contributed by atoms with E-state index in [1.807, 2.05) is 0 Å². The lowest BCUT2D eigenvalue weighted by Crippen LogP contribution is -2.37. The van der Waals surface area contributed by atoms with Crippen LogP contribution >= 0.6 is 0 Å². The van der Waals surface area contributed by atoms with Crippen LogP contribution in [0.4, 0.5) is 5.69 Å². The quantitative estimate of drug-likeness (QED) is 0.658. The summed E-state index contributed by atoms with van der Waals surface area (Å²) in [6, 6.07) is 5.65. The number of hydrogen-bond donors (Lipinski definition) is 1. The van der Waals surface area contributed by atoms with Gasteiger partial charge < -0.3 is 10.2 Å². The SMILES string of the molecule is O=C(NCCN1CCCCC1)c1ccc([N+](=O)[O-])cc1. The molecule has 1 amide bonds. The smallest absolute Gasteiger partial charge is 0.269 e. The summed E-state index contributed by atoms with van der Waals surface area (Å²) in [5, 5.41) is 13.4. The van der Waals surface area contributed by atoms with Gasteiger partial charge in [0, 0.05) is 30.8 Å². The maximum atomic E-state index is 11.9. The van der Waals surface area contributed by atoms with Crippen molar-refractivity contribution < 1.29 is 9.72 Å². The largest absolute Gasteiger partial charge is 0.351 e. The Morgan fingerprint density at radius 1 is 1.20 bits per heavy atom. The number of carbonyl (C=O) groups excluding carboxylic acids is 1. The minimum Gasteiger partial charge on any atom is -0.351 e. The fraction of sp³-hybridized carbons (Fsp3) is 0.500. The van der Waals surface area contributed by atoms with E-state index in [0.29, 0.717) is 12.1 Å². The van der Waals surface area contributed by atoms with E-state index in [2.05, 4.69) is 10.2 Å². The van der Waals surface area contributed by atoms with E-state index in [1.54, 1.807) is 0 Å². The molecule has 1 aliphatic heterocycles. The van der Waals surface area contributed by atoms with Gasteiger partial charge in [-0.3, -0.25) is 14.9 Å². The molecule has 6 nitrogen and oxygen atoms in total. The van der Waals surface area contributed by atoms with Crippen molar-refractivity contribution in [3.8, 4) is 0 Å². The van der Waals surface area contributed by atoms with Gasteiger partial charge in [-0.05, 0) is 38.1 Å². The molecule has 1 fully saturated rings. The Morgan fingerprint density at radius 3 is 2.45 bits per heavy atom. The molecule has 108 valence electrons. The van der Waals surface area contributed by atoms with Crippen molar-refractivity contribution in [2.45, 2.75) is 19.3 Å². The van der Waals surface area contributed by atoms with Crippen LogP contribution in [-0.4, -0.2) is 41.9 Å². The zero-order valence-corrected chi connectivity index (χ0v) is 11.4. The molecular formula is C14H19N3O3. The fourth-order valence-electron chi connectivity index (χ4n) is 2.35. The molecule has 0 atom stereocenters. The first-order valence-electron chi connectivity index (χ1n) is 6.92. The topological polar surface area (TPSA) is 75.5 Å². The third kappa shape index (κ3) is 4.03. The summed E-state index contributed by atoms with van der Waals surface area (Å²) in [5.74, 6) is -0.183. The van der Waals surface area contributed by atoms with Crippen LogP contribution in [0.5, 0.6) is 0 Å². The number of nitro benzene ring substituents is 1. The lowest BCUT2D eigenvalue weighted by Gasteiger charge is -2.26. The number of nitrogens with one attached hydrogen (secondary N) is 1. The molecule has 0 bridgehead atoms. The molecule has 1 aliphatic rings. The Bertz CT molecular complexity index is 467. The van der Waals surface area contributed by atoms with Gasteiger partial charge in [-0.1, -0.05) is 6.42 Å². The molecule has 1 aromatic carbocycles. The lowest BCUT2D eigenvalue weighted by molar-refractivity contribution is -0.384. The zero-order chi connectivity index (χ0) is 14.4. The summed E-state index contributed by atoms with van der Waals surface area (Å²) in [7, 11) is 0. The van der Waals surface area contributed by atoms with Gasteiger partial charge in [-0.25, -0.2) is 0 Å². The molecule has 0 unspecified atom stereocenters. The number of nitro groups is 1. The van der Waals surface area contributed by atoms with Crippen LogP contribution in [0.2, 0.25) is 0 Å². The molecule has 0 aromatic heterocycles. The Labute approximate surface area is 117 Å². The van der Waals surface area contributed by atoms with E-state index < -0.39 is 4.92 Å². The van der Waals surface area contributed by atoms with Gasteiger partial charge in [0.15, 0.2) is 0 Å². The molecule has 1 saturated heterocycles. The number of likely N-dealkylation sites (tertiary alicyclic amines) is 1. The van der Waals surface area contributed by atoms with Gasteiger partial charge in [0.1, 0.15) is 0 Å². The highest BCUT2D eigenvalue weighted by molar-refractivity contribution is 5.94. The van der Waals surface area contributed by atoms with E-state index in [1.165, 1.54) is 43.5 Å². The Kier molecular flexibility index (Phi) is 5.06. The van der Waals surface area contributed by atoms with E-state index in [-0.39, 0.29) is 11.6 Å². The number of hydrogen-bond acceptors (Lipinski definition) is 4. The summed E-state index contributed by atoms with van der Waals surface area (Å²) in [6.07, 6.45) is 3.76. The predicted octanol–water partition coefficient (Wildman–Crippen LogP) is 1.81. The van der Waals surface area contributed by atoms with Gasteiger partial charge >= 0.3 is 0 Å². The minimum atomic E-state index is -0.474. The van der Waals surface area contributed by atoms with Gasteiger partial charge in [-0.15, -0.1) is 0 Å². The van der Waals surface area contributed by atoms with Gasteiger partial charge in [-0.2, -0.15) is 0 Å². The third-order valence-electron chi connectivity index (χ3n) is 3.50. The summed E-state index contributed by atoms with van der Waals surface area (Å²) >= 11 is 0. The molecule has 1 N–H and O–H groups in total. The van der Waals surface area contributed by atoms with E-state index in [0.717, 1.165) is 19.6 Å². The highest BCUT2D eigenvalue weighted by atomic mass is 16.6. The second kappa shape index (κ2) is 7.00. The number of benzene rings is 1. The summed E-state index contributed by atoms with van der Waals surface area (Å²) in [6.45, 7) is 3.68. The molecule has 1 aromatic rings. The van der Waals surface area contributed by atoms with E-state index >= 15 is 0 Å². The van der Waals surface area contributed by atoms with E-state index in [9.17, 15) is 14.9 Å². The Morgan fingerprint density at radius 2 is 1.85 bits per heavy atom. The number of non-ortho nitro benzene ring substituents is 1. The minimum absolute atomic E-state index is 0.00475. The van der Waals surface area contributed by atoms with Crippen LogP contribution < -0.4 is 5.32 Å². The molecule has 0 saturated carbocycles. The fourth-order valence-corrected chi connectivity index (χ4v) is 2.35. The summed E-state index contributed by atoms with van der Waals surface area (Å²) < 4.78 is 0. The van der Waals surface area contributed by atoms with Crippen LogP contribution in [0.15, 0.2) is 24.3 Å². The zero-order valence-electron chi connectivity index (χ0n) is 11.4. The molecule has 20 heavy (non-hydrogen) atoms. The van der Waals surface area contributed by atoms with Crippen LogP contribution in [0, 0.1) is 10.1 Å². The molecule has 2 rings (SSSR count). The van der Waals surface area contributed by atoms with Crippen molar-refractivity contribution in [3.63, 3.8) is 0 Å². The second-order valence-electron chi connectivity index (χ2n) is 4.96. The number of rotatable bonds is 5. The maximum Gasteiger partial charge on any atom is 0.269 e. The molecule has 6 heteroatoms. The van der Waals surface area contributed by atoms with Gasteiger partial charge in [0.25, 0.3) is 11.6 Å². The van der Waals surface area contributed by atoms with Crippen molar-refractivity contribution in [2.75, 3.05) is 26.2 Å². The first kappa shape index (κ1) is 14.5. The van der Waals surface area contributed by atoms with Crippen molar-refractivity contribution in [1.82, 2.24) is 10.2 Å². The van der Waals surface area contributed by atoms with Crippen molar-refractivity contribution in [2.24, 2.45) is 0 Å². The first-order chi connectivity index (χ1) is 9.66. The van der Waals surface area contributed by atoms with Crippen LogP contribution in [-0.2, 0) is 0 Å². The van der Waals surface area contributed by atoms with Crippen molar-refractivity contribution in [1.29, 1.82) is 0 Å². The van der Waals surface area contributed by atoms with Crippen LogP contribution in [0.1, 0.15) is 29.6 Å². The normalized spacial score (nSPS) is 15.8. The number of carbonyl (C=O) groups is 1. The molecule has 0 radical (unpaired) electrons. The van der Waals surface area contributed by atoms with Crippen LogP contribution in [0.3, 0.4) is 0 Å². The molecular weight excluding hydrogens is 258 g/mol. The predicted molar refractivity (Wildman–Crippen MR) is 75.7 cm³/mol. The van der Waals surface area contributed by atoms with E-state index in [4.69, 9.17) is 0 Å².